The first kappa shape index (κ1) is 18.6. The van der Waals surface area contributed by atoms with Crippen molar-refractivity contribution in [3.63, 3.8) is 0 Å². The van der Waals surface area contributed by atoms with Crippen molar-refractivity contribution in [2.75, 3.05) is 27.2 Å². The predicted octanol–water partition coefficient (Wildman–Crippen LogP) is 2.52. The molecule has 138 valence electrons. The van der Waals surface area contributed by atoms with Crippen molar-refractivity contribution in [2.45, 2.75) is 19.0 Å². The summed E-state index contributed by atoms with van der Waals surface area (Å²) in [5, 5.41) is 7.20. The number of nitrogens with one attached hydrogen (secondary N) is 1. The van der Waals surface area contributed by atoms with Crippen molar-refractivity contribution in [3.05, 3.63) is 58.3 Å². The Kier molecular flexibility index (Phi) is 6.06. The summed E-state index contributed by atoms with van der Waals surface area (Å²) in [5.41, 5.74) is 2.29. The zero-order valence-corrected chi connectivity index (χ0v) is 16.0. The van der Waals surface area contributed by atoms with Gasteiger partial charge in [-0.1, -0.05) is 30.3 Å². The van der Waals surface area contributed by atoms with Crippen LogP contribution in [0, 0.1) is 5.92 Å². The number of thiophene rings is 1. The number of carbonyl (C=O) groups excluding carboxylic acids is 2. The monoisotopic (exact) mass is 371 g/mol. The van der Waals surface area contributed by atoms with Gasteiger partial charge in [0, 0.05) is 26.1 Å². The van der Waals surface area contributed by atoms with Crippen LogP contribution in [0.5, 0.6) is 0 Å². The topological polar surface area (TPSA) is 52.7 Å². The summed E-state index contributed by atoms with van der Waals surface area (Å²) >= 11 is 1.66. The molecular formula is C20H25N3O2S. The number of carbonyl (C=O) groups is 2. The number of benzene rings is 1. The highest BCUT2D eigenvalue weighted by Gasteiger charge is 2.34. The molecule has 2 amide bonds. The standard InChI is InChI=1S/C20H25N3O2S/c1-22(2)18(16-8-9-26-14-16)11-21-20(25)17-10-19(24)23(13-17)12-15-6-4-3-5-7-15/h3-9,14,17-18H,10-13H2,1-2H3,(H,21,25). The number of nitrogens with zero attached hydrogens (tertiary/aromatic N) is 2. The van der Waals surface area contributed by atoms with Crippen LogP contribution < -0.4 is 5.32 Å². The van der Waals surface area contributed by atoms with Crippen molar-refractivity contribution in [1.29, 1.82) is 0 Å². The second-order valence-corrected chi connectivity index (χ2v) is 7.72. The lowest BCUT2D eigenvalue weighted by Gasteiger charge is -2.24. The molecule has 2 heterocycles. The molecule has 26 heavy (non-hydrogen) atoms. The number of likely N-dealkylation sites (N-methyl/N-ethyl adjacent to an activating group) is 1. The van der Waals surface area contributed by atoms with Gasteiger partial charge in [-0.05, 0) is 42.0 Å². The first-order valence-corrected chi connectivity index (χ1v) is 9.77. The molecule has 0 spiro atoms. The van der Waals surface area contributed by atoms with Crippen LogP contribution in [0.15, 0.2) is 47.2 Å². The highest BCUT2D eigenvalue weighted by molar-refractivity contribution is 7.07. The molecule has 1 saturated heterocycles. The molecule has 1 aliphatic rings. The molecular weight excluding hydrogens is 346 g/mol. The van der Waals surface area contributed by atoms with Crippen molar-refractivity contribution in [2.24, 2.45) is 5.92 Å². The largest absolute Gasteiger partial charge is 0.354 e. The number of rotatable bonds is 7. The molecule has 1 aromatic heterocycles. The van der Waals surface area contributed by atoms with Gasteiger partial charge in [-0.3, -0.25) is 9.59 Å². The van der Waals surface area contributed by atoms with Gasteiger partial charge in [0.05, 0.1) is 12.0 Å². The zero-order chi connectivity index (χ0) is 18.5. The molecule has 1 aromatic carbocycles. The minimum atomic E-state index is -0.267. The Labute approximate surface area is 158 Å². The lowest BCUT2D eigenvalue weighted by Crippen LogP contribution is -2.38. The Balaban J connectivity index is 1.54. The molecule has 0 aliphatic carbocycles. The third kappa shape index (κ3) is 4.51. The fraction of sp³-hybridized carbons (Fsp3) is 0.400. The van der Waals surface area contributed by atoms with Gasteiger partial charge in [0.15, 0.2) is 0 Å². The van der Waals surface area contributed by atoms with E-state index in [0.717, 1.165) is 5.56 Å². The van der Waals surface area contributed by atoms with Crippen LogP contribution in [0.3, 0.4) is 0 Å². The third-order valence-electron chi connectivity index (χ3n) is 4.82. The van der Waals surface area contributed by atoms with Gasteiger partial charge in [-0.15, -0.1) is 0 Å². The van der Waals surface area contributed by atoms with E-state index in [0.29, 0.717) is 26.1 Å². The first-order chi connectivity index (χ1) is 12.5. The second kappa shape index (κ2) is 8.47. The van der Waals surface area contributed by atoms with E-state index < -0.39 is 0 Å². The maximum Gasteiger partial charge on any atom is 0.225 e. The molecule has 6 heteroatoms. The Bertz CT molecular complexity index is 731. The van der Waals surface area contributed by atoms with Crippen LogP contribution in [0.1, 0.15) is 23.6 Å². The van der Waals surface area contributed by atoms with Gasteiger partial charge in [-0.25, -0.2) is 0 Å². The van der Waals surface area contributed by atoms with Crippen LogP contribution in [0.25, 0.3) is 0 Å². The van der Waals surface area contributed by atoms with Gasteiger partial charge in [0.1, 0.15) is 0 Å². The molecule has 2 unspecified atom stereocenters. The summed E-state index contributed by atoms with van der Waals surface area (Å²) in [6.45, 7) is 1.61. The molecule has 2 atom stereocenters. The second-order valence-electron chi connectivity index (χ2n) is 6.94. The number of hydrogen-bond donors (Lipinski definition) is 1. The van der Waals surface area contributed by atoms with Crippen LogP contribution in [0.2, 0.25) is 0 Å². The summed E-state index contributed by atoms with van der Waals surface area (Å²) in [4.78, 5) is 28.7. The quantitative estimate of drug-likeness (QED) is 0.814. The molecule has 0 radical (unpaired) electrons. The van der Waals surface area contributed by atoms with E-state index in [1.54, 1.807) is 16.2 Å². The van der Waals surface area contributed by atoms with Crippen molar-refractivity contribution < 1.29 is 9.59 Å². The third-order valence-corrected chi connectivity index (χ3v) is 5.52. The van der Waals surface area contributed by atoms with E-state index in [2.05, 4.69) is 21.7 Å². The summed E-state index contributed by atoms with van der Waals surface area (Å²) < 4.78 is 0. The van der Waals surface area contributed by atoms with Crippen LogP contribution in [-0.2, 0) is 16.1 Å². The fourth-order valence-electron chi connectivity index (χ4n) is 3.31. The SMILES string of the molecule is CN(C)C(CNC(=O)C1CC(=O)N(Cc2ccccc2)C1)c1ccsc1. The Morgan fingerprint density at radius 3 is 2.73 bits per heavy atom. The van der Waals surface area contributed by atoms with Crippen LogP contribution in [0.4, 0.5) is 0 Å². The van der Waals surface area contributed by atoms with Gasteiger partial charge in [0.2, 0.25) is 11.8 Å². The highest BCUT2D eigenvalue weighted by Crippen LogP contribution is 2.22. The molecule has 0 saturated carbocycles. The maximum atomic E-state index is 12.6. The molecule has 5 nitrogen and oxygen atoms in total. The Morgan fingerprint density at radius 1 is 1.31 bits per heavy atom. The molecule has 2 aromatic rings. The van der Waals surface area contributed by atoms with E-state index in [1.807, 2.05) is 49.8 Å². The molecule has 1 fully saturated rings. The van der Waals surface area contributed by atoms with Crippen molar-refractivity contribution in [1.82, 2.24) is 15.1 Å². The number of likely N-dealkylation sites (tertiary alicyclic amines) is 1. The van der Waals surface area contributed by atoms with Gasteiger partial charge in [0.25, 0.3) is 0 Å². The van der Waals surface area contributed by atoms with E-state index >= 15 is 0 Å². The maximum absolute atomic E-state index is 12.6. The molecule has 1 aliphatic heterocycles. The molecule has 3 rings (SSSR count). The smallest absolute Gasteiger partial charge is 0.225 e. The van der Waals surface area contributed by atoms with Gasteiger partial charge in [-0.2, -0.15) is 11.3 Å². The van der Waals surface area contributed by atoms with E-state index in [4.69, 9.17) is 0 Å². The first-order valence-electron chi connectivity index (χ1n) is 8.82. The predicted molar refractivity (Wildman–Crippen MR) is 104 cm³/mol. The molecule has 1 N–H and O–H groups in total. The summed E-state index contributed by atoms with van der Waals surface area (Å²) in [7, 11) is 4.02. The van der Waals surface area contributed by atoms with Crippen LogP contribution >= 0.6 is 11.3 Å². The van der Waals surface area contributed by atoms with Gasteiger partial charge >= 0.3 is 0 Å². The zero-order valence-electron chi connectivity index (χ0n) is 15.2. The number of hydrogen-bond acceptors (Lipinski definition) is 4. The summed E-state index contributed by atoms with van der Waals surface area (Å²) in [6.07, 6.45) is 0.295. The van der Waals surface area contributed by atoms with Crippen LogP contribution in [-0.4, -0.2) is 48.8 Å². The molecule has 0 bridgehead atoms. The fourth-order valence-corrected chi connectivity index (χ4v) is 4.02. The van der Waals surface area contributed by atoms with Crippen molar-refractivity contribution in [3.8, 4) is 0 Å². The van der Waals surface area contributed by atoms with E-state index in [9.17, 15) is 9.59 Å². The Morgan fingerprint density at radius 2 is 2.08 bits per heavy atom. The van der Waals surface area contributed by atoms with E-state index in [-0.39, 0.29) is 23.8 Å². The lowest BCUT2D eigenvalue weighted by atomic mass is 10.1. The van der Waals surface area contributed by atoms with Gasteiger partial charge < -0.3 is 15.1 Å². The average Bonchev–Trinajstić information content (AvgIpc) is 3.26. The van der Waals surface area contributed by atoms with E-state index in [1.165, 1.54) is 5.56 Å². The summed E-state index contributed by atoms with van der Waals surface area (Å²) in [6, 6.07) is 12.1. The minimum absolute atomic E-state index is 0.0315. The normalized spacial score (nSPS) is 18.3. The summed E-state index contributed by atoms with van der Waals surface area (Å²) in [5.74, 6) is -0.247. The Hall–Kier alpha value is -2.18. The van der Waals surface area contributed by atoms with Crippen molar-refractivity contribution >= 4 is 23.2 Å². The minimum Gasteiger partial charge on any atom is -0.354 e. The number of amides is 2. The average molecular weight is 372 g/mol. The lowest BCUT2D eigenvalue weighted by molar-refractivity contribution is -0.129. The highest BCUT2D eigenvalue weighted by atomic mass is 32.1.